The fourth-order valence-corrected chi connectivity index (χ4v) is 3.80. The lowest BCUT2D eigenvalue weighted by Gasteiger charge is -2.40. The van der Waals surface area contributed by atoms with Gasteiger partial charge in [-0.3, -0.25) is 4.79 Å². The highest BCUT2D eigenvalue weighted by atomic mass is 16.2. The standard InChI is InChI=1S/C14H24N2O/c15-11-14(5-6-14)12(17)16-9-7-13(8-10-16)3-1-2-4-13/h1-11,15H2. The summed E-state index contributed by atoms with van der Waals surface area (Å²) in [4.78, 5) is 14.5. The summed E-state index contributed by atoms with van der Waals surface area (Å²) < 4.78 is 0. The molecule has 0 aromatic heterocycles. The molecule has 17 heavy (non-hydrogen) atoms. The van der Waals surface area contributed by atoms with Gasteiger partial charge in [-0.25, -0.2) is 0 Å². The fourth-order valence-electron chi connectivity index (χ4n) is 3.80. The van der Waals surface area contributed by atoms with Crippen LogP contribution < -0.4 is 5.73 Å². The zero-order valence-corrected chi connectivity index (χ0v) is 10.7. The highest BCUT2D eigenvalue weighted by Crippen LogP contribution is 2.49. The van der Waals surface area contributed by atoms with Gasteiger partial charge in [-0.05, 0) is 43.9 Å². The molecule has 1 heterocycles. The first-order chi connectivity index (χ1) is 8.20. The van der Waals surface area contributed by atoms with Crippen LogP contribution in [0.25, 0.3) is 0 Å². The lowest BCUT2D eigenvalue weighted by molar-refractivity contribution is -0.139. The molecule has 1 saturated heterocycles. The molecule has 3 heteroatoms. The van der Waals surface area contributed by atoms with E-state index in [2.05, 4.69) is 4.90 Å². The van der Waals surface area contributed by atoms with E-state index in [1.165, 1.54) is 38.5 Å². The third kappa shape index (κ3) is 1.88. The van der Waals surface area contributed by atoms with Crippen molar-refractivity contribution in [3.05, 3.63) is 0 Å². The van der Waals surface area contributed by atoms with Crippen LogP contribution in [0.1, 0.15) is 51.4 Å². The Kier molecular flexibility index (Phi) is 2.69. The summed E-state index contributed by atoms with van der Waals surface area (Å²) in [6.45, 7) is 2.52. The number of hydrogen-bond donors (Lipinski definition) is 1. The minimum absolute atomic E-state index is 0.139. The Morgan fingerprint density at radius 3 is 2.06 bits per heavy atom. The zero-order valence-electron chi connectivity index (χ0n) is 10.7. The smallest absolute Gasteiger partial charge is 0.230 e. The lowest BCUT2D eigenvalue weighted by Crippen LogP contribution is -2.46. The second-order valence-electron chi connectivity index (χ2n) is 6.48. The minimum atomic E-state index is -0.139. The molecule has 1 spiro atoms. The summed E-state index contributed by atoms with van der Waals surface area (Å²) in [7, 11) is 0. The van der Waals surface area contributed by atoms with Gasteiger partial charge in [0.1, 0.15) is 0 Å². The van der Waals surface area contributed by atoms with Crippen molar-refractivity contribution >= 4 is 5.91 Å². The third-order valence-electron chi connectivity index (χ3n) is 5.47. The first-order valence-electron chi connectivity index (χ1n) is 7.19. The Morgan fingerprint density at radius 1 is 1.00 bits per heavy atom. The average Bonchev–Trinajstić information content (AvgIpc) is 3.06. The number of hydrogen-bond acceptors (Lipinski definition) is 2. The first kappa shape index (κ1) is 11.5. The molecule has 3 rings (SSSR count). The number of amides is 1. The second kappa shape index (κ2) is 3.98. The van der Waals surface area contributed by atoms with Crippen LogP contribution in [0.3, 0.4) is 0 Å². The SMILES string of the molecule is NCC1(C(=O)N2CCC3(CCCC3)CC2)CC1. The van der Waals surface area contributed by atoms with Crippen LogP contribution in [-0.2, 0) is 4.79 Å². The summed E-state index contributed by atoms with van der Waals surface area (Å²) in [5, 5.41) is 0. The van der Waals surface area contributed by atoms with Crippen LogP contribution in [0, 0.1) is 10.8 Å². The molecule has 2 saturated carbocycles. The predicted molar refractivity (Wildman–Crippen MR) is 67.4 cm³/mol. The molecule has 3 aliphatic rings. The third-order valence-corrected chi connectivity index (χ3v) is 5.47. The van der Waals surface area contributed by atoms with Crippen molar-refractivity contribution in [1.29, 1.82) is 0 Å². The normalized spacial score (nSPS) is 29.6. The molecule has 0 aromatic rings. The van der Waals surface area contributed by atoms with Crippen molar-refractivity contribution in [2.24, 2.45) is 16.6 Å². The summed E-state index contributed by atoms with van der Waals surface area (Å²) in [5.41, 5.74) is 6.21. The minimum Gasteiger partial charge on any atom is -0.342 e. The maximum atomic E-state index is 12.4. The summed E-state index contributed by atoms with van der Waals surface area (Å²) >= 11 is 0. The highest BCUT2D eigenvalue weighted by molar-refractivity contribution is 5.85. The topological polar surface area (TPSA) is 46.3 Å². The Labute approximate surface area is 104 Å². The molecule has 3 fully saturated rings. The van der Waals surface area contributed by atoms with Gasteiger partial charge in [0.15, 0.2) is 0 Å². The molecule has 2 aliphatic carbocycles. The van der Waals surface area contributed by atoms with Crippen LogP contribution >= 0.6 is 0 Å². The van der Waals surface area contributed by atoms with Crippen molar-refractivity contribution < 1.29 is 4.79 Å². The van der Waals surface area contributed by atoms with E-state index in [4.69, 9.17) is 5.73 Å². The maximum Gasteiger partial charge on any atom is 0.230 e. The van der Waals surface area contributed by atoms with Crippen molar-refractivity contribution in [1.82, 2.24) is 4.90 Å². The highest BCUT2D eigenvalue weighted by Gasteiger charge is 2.51. The molecular weight excluding hydrogens is 212 g/mol. The Balaban J connectivity index is 1.59. The van der Waals surface area contributed by atoms with Gasteiger partial charge in [-0.1, -0.05) is 12.8 Å². The molecule has 2 N–H and O–H groups in total. The van der Waals surface area contributed by atoms with Gasteiger partial charge in [0.25, 0.3) is 0 Å². The van der Waals surface area contributed by atoms with E-state index in [0.29, 0.717) is 17.9 Å². The molecule has 1 aliphatic heterocycles. The molecule has 0 unspecified atom stereocenters. The molecule has 1 amide bonds. The van der Waals surface area contributed by atoms with Crippen LogP contribution in [0.5, 0.6) is 0 Å². The molecule has 0 aromatic carbocycles. The van der Waals surface area contributed by atoms with Crippen molar-refractivity contribution in [2.75, 3.05) is 19.6 Å². The van der Waals surface area contributed by atoms with Gasteiger partial charge in [-0.15, -0.1) is 0 Å². The molecule has 3 nitrogen and oxygen atoms in total. The van der Waals surface area contributed by atoms with Gasteiger partial charge < -0.3 is 10.6 Å². The molecule has 0 atom stereocenters. The van der Waals surface area contributed by atoms with Gasteiger partial charge >= 0.3 is 0 Å². The number of nitrogens with zero attached hydrogens (tertiary/aromatic N) is 1. The van der Waals surface area contributed by atoms with Gasteiger partial charge in [0.05, 0.1) is 5.41 Å². The van der Waals surface area contributed by atoms with E-state index in [1.807, 2.05) is 0 Å². The van der Waals surface area contributed by atoms with Gasteiger partial charge in [-0.2, -0.15) is 0 Å². The Morgan fingerprint density at radius 2 is 1.59 bits per heavy atom. The number of carbonyl (C=O) groups excluding carboxylic acids is 1. The molecule has 0 radical (unpaired) electrons. The second-order valence-corrected chi connectivity index (χ2v) is 6.48. The van der Waals surface area contributed by atoms with E-state index in [9.17, 15) is 4.79 Å². The van der Waals surface area contributed by atoms with Crippen molar-refractivity contribution in [3.8, 4) is 0 Å². The number of carbonyl (C=O) groups is 1. The number of piperidine rings is 1. The quantitative estimate of drug-likeness (QED) is 0.796. The van der Waals surface area contributed by atoms with Crippen LogP contribution in [-0.4, -0.2) is 30.4 Å². The van der Waals surface area contributed by atoms with E-state index < -0.39 is 0 Å². The van der Waals surface area contributed by atoms with Gasteiger partial charge in [0, 0.05) is 19.6 Å². The zero-order chi connectivity index (χ0) is 11.9. The van der Waals surface area contributed by atoms with Crippen LogP contribution in [0.2, 0.25) is 0 Å². The monoisotopic (exact) mass is 236 g/mol. The predicted octanol–water partition coefficient (Wildman–Crippen LogP) is 1.91. The maximum absolute atomic E-state index is 12.4. The van der Waals surface area contributed by atoms with Crippen LogP contribution in [0.15, 0.2) is 0 Å². The molecule has 0 bridgehead atoms. The number of likely N-dealkylation sites (tertiary alicyclic amines) is 1. The van der Waals surface area contributed by atoms with E-state index in [-0.39, 0.29) is 5.41 Å². The van der Waals surface area contributed by atoms with Gasteiger partial charge in [0.2, 0.25) is 5.91 Å². The Bertz CT molecular complexity index is 306. The Hall–Kier alpha value is -0.570. The molecule has 96 valence electrons. The van der Waals surface area contributed by atoms with E-state index in [0.717, 1.165) is 25.9 Å². The average molecular weight is 236 g/mol. The number of rotatable bonds is 2. The van der Waals surface area contributed by atoms with Crippen LogP contribution in [0.4, 0.5) is 0 Å². The fraction of sp³-hybridized carbons (Fsp3) is 0.929. The molecular formula is C14H24N2O. The summed E-state index contributed by atoms with van der Waals surface area (Å²) in [5.74, 6) is 0.354. The van der Waals surface area contributed by atoms with Crippen molar-refractivity contribution in [2.45, 2.75) is 51.4 Å². The summed E-state index contributed by atoms with van der Waals surface area (Å²) in [6, 6.07) is 0. The van der Waals surface area contributed by atoms with Crippen molar-refractivity contribution in [3.63, 3.8) is 0 Å². The van der Waals surface area contributed by atoms with E-state index >= 15 is 0 Å². The lowest BCUT2D eigenvalue weighted by atomic mass is 9.77. The number of nitrogens with two attached hydrogens (primary N) is 1. The largest absolute Gasteiger partial charge is 0.342 e. The van der Waals surface area contributed by atoms with E-state index in [1.54, 1.807) is 0 Å². The first-order valence-corrected chi connectivity index (χ1v) is 7.19. The summed E-state index contributed by atoms with van der Waals surface area (Å²) in [6.07, 6.45) is 10.1.